The van der Waals surface area contributed by atoms with Crippen LogP contribution in [0.5, 0.6) is 5.75 Å². The highest BCUT2D eigenvalue weighted by molar-refractivity contribution is 7.92. The molecule has 0 unspecified atom stereocenters. The number of anilines is 3. The Labute approximate surface area is 192 Å². The van der Waals surface area contributed by atoms with E-state index in [1.807, 2.05) is 52.0 Å². The van der Waals surface area contributed by atoms with Crippen molar-refractivity contribution in [3.8, 4) is 17.0 Å². The first-order chi connectivity index (χ1) is 15.3. The molecule has 0 amide bonds. The summed E-state index contributed by atoms with van der Waals surface area (Å²) < 4.78 is 36.9. The minimum atomic E-state index is -3.54. The number of benzene rings is 2. The third-order valence-corrected chi connectivity index (χ3v) is 5.56. The van der Waals surface area contributed by atoms with Crippen LogP contribution in [0.4, 0.5) is 17.1 Å². The third kappa shape index (κ3) is 5.64. The highest BCUT2D eigenvalue weighted by atomic mass is 32.2. The second-order valence-electron chi connectivity index (χ2n) is 8.77. The number of hydrogen-bond acceptors (Lipinski definition) is 7. The summed E-state index contributed by atoms with van der Waals surface area (Å²) >= 11 is 0. The number of methoxy groups -OCH3 is 1. The van der Waals surface area contributed by atoms with Crippen molar-refractivity contribution in [1.29, 1.82) is 0 Å². The Morgan fingerprint density at radius 2 is 1.79 bits per heavy atom. The number of ether oxygens (including phenoxy) is 1. The van der Waals surface area contributed by atoms with Gasteiger partial charge in [-0.3, -0.25) is 4.72 Å². The number of sulfonamides is 1. The molecule has 0 atom stereocenters. The van der Waals surface area contributed by atoms with E-state index in [0.717, 1.165) is 17.4 Å². The number of carboxylic acids is 1. The molecule has 1 aromatic heterocycles. The zero-order valence-corrected chi connectivity index (χ0v) is 20.1. The molecule has 10 heteroatoms. The predicted molar refractivity (Wildman–Crippen MR) is 127 cm³/mol. The molecule has 1 heterocycles. The molecule has 0 aliphatic heterocycles. The Morgan fingerprint density at radius 1 is 1.12 bits per heavy atom. The molecule has 3 rings (SSSR count). The van der Waals surface area contributed by atoms with Crippen LogP contribution < -0.4 is 14.8 Å². The minimum absolute atomic E-state index is 0.251. The fourth-order valence-electron chi connectivity index (χ4n) is 3.28. The first-order valence-corrected chi connectivity index (χ1v) is 12.0. The van der Waals surface area contributed by atoms with Gasteiger partial charge in [0.1, 0.15) is 5.69 Å². The smallest absolute Gasteiger partial charge is 0.374 e. The van der Waals surface area contributed by atoms with Crippen molar-refractivity contribution < 1.29 is 27.6 Å². The van der Waals surface area contributed by atoms with Crippen molar-refractivity contribution in [1.82, 2.24) is 5.16 Å². The van der Waals surface area contributed by atoms with Crippen LogP contribution in [0.25, 0.3) is 11.3 Å². The molecule has 176 valence electrons. The summed E-state index contributed by atoms with van der Waals surface area (Å²) in [6.45, 7) is 7.95. The molecule has 0 spiro atoms. The summed E-state index contributed by atoms with van der Waals surface area (Å²) in [5.74, 6) is -1.11. The molecule has 0 saturated heterocycles. The third-order valence-electron chi connectivity index (χ3n) is 4.97. The van der Waals surface area contributed by atoms with Gasteiger partial charge in [-0.1, -0.05) is 32.0 Å². The van der Waals surface area contributed by atoms with Gasteiger partial charge in [-0.25, -0.2) is 13.2 Å². The fourth-order valence-corrected chi connectivity index (χ4v) is 3.84. The lowest BCUT2D eigenvalue weighted by molar-refractivity contribution is 0.0652. The van der Waals surface area contributed by atoms with E-state index >= 15 is 0 Å². The first-order valence-electron chi connectivity index (χ1n) is 10.1. The van der Waals surface area contributed by atoms with Crippen molar-refractivity contribution in [2.24, 2.45) is 0 Å². The summed E-state index contributed by atoms with van der Waals surface area (Å²) in [5, 5.41) is 16.3. The number of carboxylic acid groups (broad SMARTS) is 1. The summed E-state index contributed by atoms with van der Waals surface area (Å²) in [4.78, 5) is 11.1. The number of rotatable bonds is 7. The lowest BCUT2D eigenvalue weighted by Gasteiger charge is -2.24. The first kappa shape index (κ1) is 24.1. The van der Waals surface area contributed by atoms with Crippen LogP contribution in [-0.4, -0.2) is 38.0 Å². The van der Waals surface area contributed by atoms with Crippen molar-refractivity contribution in [2.45, 2.75) is 33.1 Å². The molecule has 0 aliphatic carbocycles. The van der Waals surface area contributed by atoms with Gasteiger partial charge >= 0.3 is 5.97 Å². The number of aryl methyl sites for hydroxylation is 1. The Kier molecular flexibility index (Phi) is 6.42. The molecule has 0 radical (unpaired) electrons. The molecular weight excluding hydrogens is 446 g/mol. The summed E-state index contributed by atoms with van der Waals surface area (Å²) in [6.07, 6.45) is 1.08. The van der Waals surface area contributed by atoms with Gasteiger partial charge in [0.2, 0.25) is 15.8 Å². The average molecular weight is 474 g/mol. The normalized spacial score (nSPS) is 11.8. The second kappa shape index (κ2) is 8.78. The van der Waals surface area contributed by atoms with Crippen LogP contribution >= 0.6 is 0 Å². The highest BCUT2D eigenvalue weighted by Gasteiger charge is 2.22. The topological polar surface area (TPSA) is 131 Å². The molecule has 3 N–H and O–H groups in total. The van der Waals surface area contributed by atoms with Crippen LogP contribution in [0.1, 0.15) is 42.5 Å². The standard InChI is InChI=1S/C23H27N3O6S/c1-13-7-8-15(11-16(13)17-12-20(22(27)28)32-25-17)24-18-9-14(23(2,3)4)10-19(21(18)31-5)26-33(6,29)30/h7-12,24,26H,1-6H3,(H,27,28). The lowest BCUT2D eigenvalue weighted by atomic mass is 9.86. The molecular formula is C23H27N3O6S. The quantitative estimate of drug-likeness (QED) is 0.447. The largest absolute Gasteiger partial charge is 0.492 e. The van der Waals surface area contributed by atoms with E-state index in [4.69, 9.17) is 14.4 Å². The van der Waals surface area contributed by atoms with E-state index < -0.39 is 16.0 Å². The summed E-state index contributed by atoms with van der Waals surface area (Å²) in [5.41, 5.74) is 4.16. The van der Waals surface area contributed by atoms with E-state index in [0.29, 0.717) is 34.1 Å². The van der Waals surface area contributed by atoms with Crippen LogP contribution in [0, 0.1) is 6.92 Å². The zero-order chi connectivity index (χ0) is 24.6. The molecule has 33 heavy (non-hydrogen) atoms. The van der Waals surface area contributed by atoms with E-state index in [2.05, 4.69) is 15.2 Å². The predicted octanol–water partition coefficient (Wildman–Crippen LogP) is 4.77. The second-order valence-corrected chi connectivity index (χ2v) is 10.5. The highest BCUT2D eigenvalue weighted by Crippen LogP contribution is 2.41. The number of aromatic carboxylic acids is 1. The molecule has 0 bridgehead atoms. The number of nitrogens with one attached hydrogen (secondary N) is 2. The molecule has 0 fully saturated rings. The van der Waals surface area contributed by atoms with Crippen LogP contribution in [-0.2, 0) is 15.4 Å². The monoisotopic (exact) mass is 473 g/mol. The maximum atomic E-state index is 11.9. The van der Waals surface area contributed by atoms with Crippen LogP contribution in [0.15, 0.2) is 40.9 Å². The summed E-state index contributed by atoms with van der Waals surface area (Å²) in [6, 6.07) is 10.6. The molecule has 0 saturated carbocycles. The maximum Gasteiger partial charge on any atom is 0.374 e. The van der Waals surface area contributed by atoms with E-state index in [9.17, 15) is 13.2 Å². The van der Waals surface area contributed by atoms with Crippen molar-refractivity contribution >= 4 is 33.1 Å². The molecule has 9 nitrogen and oxygen atoms in total. The molecule has 2 aromatic carbocycles. The zero-order valence-electron chi connectivity index (χ0n) is 19.3. The number of carbonyl (C=O) groups is 1. The average Bonchev–Trinajstić information content (AvgIpc) is 3.17. The SMILES string of the molecule is COc1c(Nc2ccc(C)c(-c3cc(C(=O)O)on3)c2)cc(C(C)(C)C)cc1NS(C)(=O)=O. The number of aromatic nitrogens is 1. The van der Waals surface area contributed by atoms with E-state index in [1.165, 1.54) is 13.2 Å². The summed E-state index contributed by atoms with van der Waals surface area (Å²) in [7, 11) is -2.07. The molecule has 3 aromatic rings. The van der Waals surface area contributed by atoms with Gasteiger partial charge in [0, 0.05) is 17.3 Å². The van der Waals surface area contributed by atoms with Gasteiger partial charge in [-0.05, 0) is 47.7 Å². The molecule has 0 aliphatic rings. The van der Waals surface area contributed by atoms with E-state index in [1.54, 1.807) is 6.07 Å². The fraction of sp³-hybridized carbons (Fsp3) is 0.304. The Morgan fingerprint density at radius 3 is 2.33 bits per heavy atom. The van der Waals surface area contributed by atoms with E-state index in [-0.39, 0.29) is 11.2 Å². The Bertz CT molecular complexity index is 1310. The van der Waals surface area contributed by atoms with Gasteiger partial charge < -0.3 is 19.7 Å². The van der Waals surface area contributed by atoms with Crippen molar-refractivity contribution in [2.75, 3.05) is 23.4 Å². The number of hydrogen-bond donors (Lipinski definition) is 3. The van der Waals surface area contributed by atoms with Crippen LogP contribution in [0.2, 0.25) is 0 Å². The van der Waals surface area contributed by atoms with Crippen LogP contribution in [0.3, 0.4) is 0 Å². The van der Waals surface area contributed by atoms with Crippen molar-refractivity contribution in [3.05, 3.63) is 53.3 Å². The van der Waals surface area contributed by atoms with Crippen molar-refractivity contribution in [3.63, 3.8) is 0 Å². The Hall–Kier alpha value is -3.53. The lowest BCUT2D eigenvalue weighted by Crippen LogP contribution is -2.15. The van der Waals surface area contributed by atoms with Gasteiger partial charge in [0.15, 0.2) is 5.75 Å². The van der Waals surface area contributed by atoms with Gasteiger partial charge in [-0.15, -0.1) is 0 Å². The van der Waals surface area contributed by atoms with Gasteiger partial charge in [0.05, 0.1) is 24.7 Å². The van der Waals surface area contributed by atoms with Gasteiger partial charge in [-0.2, -0.15) is 0 Å². The number of nitrogens with zero attached hydrogens (tertiary/aromatic N) is 1. The minimum Gasteiger partial charge on any atom is -0.492 e. The van der Waals surface area contributed by atoms with Gasteiger partial charge in [0.25, 0.3) is 0 Å². The Balaban J connectivity index is 2.10. The maximum absolute atomic E-state index is 11.9.